The molecule has 158 valence electrons. The second-order valence-electron chi connectivity index (χ2n) is 8.07. The molecule has 0 radical (unpaired) electrons. The van der Waals surface area contributed by atoms with Crippen LogP contribution in [0.15, 0.2) is 79.0 Å². The number of aryl methyl sites for hydroxylation is 1. The molecule has 1 heterocycles. The number of fused-ring (bicyclic) bond motifs is 1. The van der Waals surface area contributed by atoms with E-state index in [4.69, 9.17) is 9.84 Å². The molecule has 0 aliphatic heterocycles. The van der Waals surface area contributed by atoms with E-state index in [1.807, 2.05) is 37.3 Å². The van der Waals surface area contributed by atoms with Crippen molar-refractivity contribution < 1.29 is 14.6 Å². The minimum atomic E-state index is -0.782. The highest BCUT2D eigenvalue weighted by molar-refractivity contribution is 5.84. The van der Waals surface area contributed by atoms with Crippen LogP contribution in [-0.4, -0.2) is 15.6 Å². The number of carboxylic acid groups (broad SMARTS) is 1. The Morgan fingerprint density at radius 1 is 1.00 bits per heavy atom. The molecule has 1 unspecified atom stereocenters. The average molecular weight is 414 g/mol. The Morgan fingerprint density at radius 3 is 2.45 bits per heavy atom. The summed E-state index contributed by atoms with van der Waals surface area (Å²) in [5, 5.41) is 10.2. The second-order valence-corrected chi connectivity index (χ2v) is 8.07. The van der Waals surface area contributed by atoms with Crippen LogP contribution in [0.1, 0.15) is 41.5 Å². The maximum absolute atomic E-state index is 10.9. The van der Waals surface area contributed by atoms with Gasteiger partial charge in [0.1, 0.15) is 12.4 Å². The molecule has 31 heavy (non-hydrogen) atoms. The Morgan fingerprint density at radius 2 is 1.74 bits per heavy atom. The van der Waals surface area contributed by atoms with Gasteiger partial charge in [-0.1, -0.05) is 61.5 Å². The minimum absolute atomic E-state index is 0.0198. The van der Waals surface area contributed by atoms with Crippen molar-refractivity contribution in [3.05, 3.63) is 101 Å². The van der Waals surface area contributed by atoms with Crippen LogP contribution in [0.4, 0.5) is 0 Å². The first-order chi connectivity index (χ1) is 15.0. The van der Waals surface area contributed by atoms with Gasteiger partial charge in [0.05, 0.1) is 11.9 Å². The number of carbonyl (C=O) groups is 1. The van der Waals surface area contributed by atoms with E-state index in [1.165, 1.54) is 22.0 Å². The largest absolute Gasteiger partial charge is 0.489 e. The highest BCUT2D eigenvalue weighted by Gasteiger charge is 2.11. The lowest BCUT2D eigenvalue weighted by molar-refractivity contribution is -0.137. The van der Waals surface area contributed by atoms with Crippen LogP contribution >= 0.6 is 0 Å². The minimum Gasteiger partial charge on any atom is -0.489 e. The summed E-state index contributed by atoms with van der Waals surface area (Å²) in [4.78, 5) is 10.9. The second kappa shape index (κ2) is 9.09. The molecule has 0 spiro atoms. The average Bonchev–Trinajstić information content (AvgIpc) is 3.17. The highest BCUT2D eigenvalue weighted by Crippen LogP contribution is 2.26. The Balaban J connectivity index is 1.49. The lowest BCUT2D eigenvalue weighted by atomic mass is 9.98. The molecule has 0 fully saturated rings. The van der Waals surface area contributed by atoms with Crippen molar-refractivity contribution in [1.29, 1.82) is 0 Å². The van der Waals surface area contributed by atoms with Crippen molar-refractivity contribution in [3.8, 4) is 5.75 Å². The molecule has 0 saturated carbocycles. The van der Waals surface area contributed by atoms with Gasteiger partial charge in [-0.25, -0.2) is 0 Å². The third-order valence-corrected chi connectivity index (χ3v) is 5.82. The molecular weight excluding hydrogens is 386 g/mol. The molecule has 0 aliphatic rings. The number of ether oxygens (including phenoxy) is 1. The van der Waals surface area contributed by atoms with Gasteiger partial charge in [-0.05, 0) is 58.7 Å². The van der Waals surface area contributed by atoms with Crippen LogP contribution in [0.25, 0.3) is 10.9 Å². The Hall–Kier alpha value is -3.53. The Kier molecular flexibility index (Phi) is 6.08. The number of nitrogens with zero attached hydrogens (tertiary/aromatic N) is 1. The fraction of sp³-hybridized carbons (Fsp3) is 0.222. The van der Waals surface area contributed by atoms with Crippen LogP contribution < -0.4 is 4.74 Å². The van der Waals surface area contributed by atoms with Gasteiger partial charge in [-0.2, -0.15) is 0 Å². The molecule has 1 N–H and O–H groups in total. The van der Waals surface area contributed by atoms with Crippen molar-refractivity contribution >= 4 is 16.9 Å². The fourth-order valence-electron chi connectivity index (χ4n) is 4.03. The lowest BCUT2D eigenvalue weighted by Crippen LogP contribution is -2.04. The van der Waals surface area contributed by atoms with Crippen LogP contribution in [0.3, 0.4) is 0 Å². The van der Waals surface area contributed by atoms with Crippen molar-refractivity contribution in [2.45, 2.75) is 39.3 Å². The fourth-order valence-corrected chi connectivity index (χ4v) is 4.03. The number of aromatic nitrogens is 1. The van der Waals surface area contributed by atoms with Crippen molar-refractivity contribution in [1.82, 2.24) is 4.57 Å². The predicted octanol–water partition coefficient (Wildman–Crippen LogP) is 6.16. The zero-order valence-electron chi connectivity index (χ0n) is 17.9. The zero-order chi connectivity index (χ0) is 21.8. The lowest BCUT2D eigenvalue weighted by Gasteiger charge is -2.14. The topological polar surface area (TPSA) is 51.5 Å². The van der Waals surface area contributed by atoms with Gasteiger partial charge in [0, 0.05) is 12.7 Å². The third-order valence-electron chi connectivity index (χ3n) is 5.82. The molecule has 0 saturated heterocycles. The van der Waals surface area contributed by atoms with Gasteiger partial charge in [0.25, 0.3) is 0 Å². The van der Waals surface area contributed by atoms with E-state index in [-0.39, 0.29) is 12.3 Å². The van der Waals surface area contributed by atoms with Gasteiger partial charge >= 0.3 is 5.97 Å². The van der Waals surface area contributed by atoms with Crippen molar-refractivity contribution in [3.63, 3.8) is 0 Å². The summed E-state index contributed by atoms with van der Waals surface area (Å²) >= 11 is 0. The van der Waals surface area contributed by atoms with Crippen molar-refractivity contribution in [2.75, 3.05) is 0 Å². The molecular formula is C27H27NO3. The summed E-state index contributed by atoms with van der Waals surface area (Å²) in [5.41, 5.74) is 5.90. The van der Waals surface area contributed by atoms with E-state index >= 15 is 0 Å². The van der Waals surface area contributed by atoms with E-state index < -0.39 is 5.97 Å². The Bertz CT molecular complexity index is 1180. The predicted molar refractivity (Wildman–Crippen MR) is 124 cm³/mol. The monoisotopic (exact) mass is 413 g/mol. The number of aliphatic carboxylic acids is 1. The quantitative estimate of drug-likeness (QED) is 0.377. The third kappa shape index (κ3) is 4.80. The van der Waals surface area contributed by atoms with Gasteiger partial charge in [0.15, 0.2) is 0 Å². The molecule has 0 amide bonds. The van der Waals surface area contributed by atoms with E-state index in [0.717, 1.165) is 23.4 Å². The summed E-state index contributed by atoms with van der Waals surface area (Å²) in [6, 6.07) is 24.6. The molecule has 4 aromatic rings. The first-order valence-electron chi connectivity index (χ1n) is 10.6. The maximum Gasteiger partial charge on any atom is 0.303 e. The van der Waals surface area contributed by atoms with Crippen LogP contribution in [0.5, 0.6) is 5.75 Å². The maximum atomic E-state index is 10.9. The van der Waals surface area contributed by atoms with Crippen LogP contribution in [-0.2, 0) is 17.9 Å². The Labute approximate surface area is 182 Å². The summed E-state index contributed by atoms with van der Waals surface area (Å²) < 4.78 is 8.34. The summed E-state index contributed by atoms with van der Waals surface area (Å²) in [6.07, 6.45) is 2.27. The van der Waals surface area contributed by atoms with E-state index in [2.05, 4.69) is 60.2 Å². The number of hydrogen-bond donors (Lipinski definition) is 1. The van der Waals surface area contributed by atoms with E-state index in [0.29, 0.717) is 6.61 Å². The molecule has 1 atom stereocenters. The number of rotatable bonds is 8. The normalized spacial score (nSPS) is 12.1. The molecule has 4 rings (SSSR count). The van der Waals surface area contributed by atoms with Crippen LogP contribution in [0, 0.1) is 6.92 Å². The van der Waals surface area contributed by atoms with Gasteiger partial charge in [-0.15, -0.1) is 0 Å². The van der Waals surface area contributed by atoms with Crippen molar-refractivity contribution in [2.24, 2.45) is 0 Å². The number of benzene rings is 3. The zero-order valence-corrected chi connectivity index (χ0v) is 17.9. The van der Waals surface area contributed by atoms with E-state index in [1.54, 1.807) is 0 Å². The standard InChI is InChI=1S/C27H27NO3/c1-19(16-26(29)30)22-10-12-25(13-11-22)31-18-24-9-8-23-14-15-28(27(23)20(24)2)17-21-6-4-3-5-7-21/h3-15,19H,16-18H2,1-2H3,(H,29,30). The van der Waals surface area contributed by atoms with E-state index in [9.17, 15) is 4.79 Å². The summed E-state index contributed by atoms with van der Waals surface area (Å²) in [7, 11) is 0. The molecule has 1 aromatic heterocycles. The number of carboxylic acids is 1. The molecule has 4 nitrogen and oxygen atoms in total. The van der Waals surface area contributed by atoms with Gasteiger partial charge < -0.3 is 14.4 Å². The highest BCUT2D eigenvalue weighted by atomic mass is 16.5. The molecule has 4 heteroatoms. The number of hydrogen-bond acceptors (Lipinski definition) is 2. The smallest absolute Gasteiger partial charge is 0.303 e. The molecule has 0 aliphatic carbocycles. The first kappa shape index (κ1) is 20.7. The summed E-state index contributed by atoms with van der Waals surface area (Å²) in [5.74, 6) is -0.0187. The molecule has 0 bridgehead atoms. The SMILES string of the molecule is Cc1c(COc2ccc(C(C)CC(=O)O)cc2)ccc2ccn(Cc3ccccc3)c12. The van der Waals surface area contributed by atoms with Gasteiger partial charge in [0.2, 0.25) is 0 Å². The molecule has 3 aromatic carbocycles. The van der Waals surface area contributed by atoms with Crippen LogP contribution in [0.2, 0.25) is 0 Å². The first-order valence-corrected chi connectivity index (χ1v) is 10.6. The van der Waals surface area contributed by atoms with Gasteiger partial charge in [-0.3, -0.25) is 4.79 Å². The summed E-state index contributed by atoms with van der Waals surface area (Å²) in [6.45, 7) is 5.40.